The lowest BCUT2D eigenvalue weighted by molar-refractivity contribution is 0.0705. The third-order valence-corrected chi connectivity index (χ3v) is 5.87. The van der Waals surface area contributed by atoms with Gasteiger partial charge in [0, 0.05) is 43.3 Å². The lowest BCUT2D eigenvalue weighted by atomic mass is 9.80. The molecule has 6 heteroatoms. The third-order valence-electron chi connectivity index (χ3n) is 5.87. The van der Waals surface area contributed by atoms with E-state index in [9.17, 15) is 9.18 Å². The minimum atomic E-state index is -0.663. The Bertz CT molecular complexity index is 645. The molecule has 2 heterocycles. The summed E-state index contributed by atoms with van der Waals surface area (Å²) in [6.07, 6.45) is 4.43. The van der Waals surface area contributed by atoms with Crippen LogP contribution in [0.4, 0.5) is 4.39 Å². The Labute approximate surface area is 134 Å². The monoisotopic (exact) mass is 319 g/mol. The molecule has 23 heavy (non-hydrogen) atoms. The van der Waals surface area contributed by atoms with E-state index in [0.29, 0.717) is 23.6 Å². The van der Waals surface area contributed by atoms with E-state index in [1.54, 1.807) is 11.5 Å². The number of hydrogen-bond donors (Lipinski definition) is 3. The number of fused-ring (bicyclic) bond motifs is 1. The second-order valence-corrected chi connectivity index (χ2v) is 7.26. The van der Waals surface area contributed by atoms with Crippen molar-refractivity contribution in [2.24, 2.45) is 5.41 Å². The van der Waals surface area contributed by atoms with E-state index in [0.717, 1.165) is 31.6 Å². The Kier molecular flexibility index (Phi) is 3.63. The second-order valence-electron chi connectivity index (χ2n) is 7.26. The van der Waals surface area contributed by atoms with E-state index in [4.69, 9.17) is 5.21 Å². The number of halogens is 1. The molecule has 1 amide bonds. The number of carbonyl (C=O) groups is 1. The van der Waals surface area contributed by atoms with Gasteiger partial charge in [-0.05, 0) is 48.8 Å². The van der Waals surface area contributed by atoms with Crippen molar-refractivity contribution < 1.29 is 14.4 Å². The van der Waals surface area contributed by atoms with Gasteiger partial charge in [0.05, 0.1) is 0 Å². The largest absolute Gasteiger partial charge is 0.316 e. The first-order valence-corrected chi connectivity index (χ1v) is 8.31. The van der Waals surface area contributed by atoms with Crippen molar-refractivity contribution in [1.29, 1.82) is 0 Å². The van der Waals surface area contributed by atoms with Crippen molar-refractivity contribution in [1.82, 2.24) is 15.7 Å². The Balaban J connectivity index is 1.52. The molecule has 1 aromatic rings. The Morgan fingerprint density at radius 3 is 2.91 bits per heavy atom. The fourth-order valence-corrected chi connectivity index (χ4v) is 4.44. The summed E-state index contributed by atoms with van der Waals surface area (Å²) in [5.41, 5.74) is 3.83. The van der Waals surface area contributed by atoms with Crippen LogP contribution in [0.3, 0.4) is 0 Å². The summed E-state index contributed by atoms with van der Waals surface area (Å²) in [7, 11) is 0. The summed E-state index contributed by atoms with van der Waals surface area (Å²) in [5.74, 6) is -1.01. The van der Waals surface area contributed by atoms with Crippen molar-refractivity contribution in [3.63, 3.8) is 0 Å². The molecule has 3 N–H and O–H groups in total. The SMILES string of the molecule is O=C(NO)c1cc(F)c2c(c1)CCN(C1CCC3(CNC3)C1)C2. The van der Waals surface area contributed by atoms with Crippen LogP contribution in [0.15, 0.2) is 12.1 Å². The average Bonchev–Trinajstić information content (AvgIpc) is 2.99. The van der Waals surface area contributed by atoms with Gasteiger partial charge in [-0.25, -0.2) is 9.87 Å². The van der Waals surface area contributed by atoms with E-state index >= 15 is 0 Å². The fourth-order valence-electron chi connectivity index (χ4n) is 4.44. The third kappa shape index (κ3) is 2.55. The number of hydrogen-bond acceptors (Lipinski definition) is 4. The summed E-state index contributed by atoms with van der Waals surface area (Å²) in [6, 6.07) is 3.47. The first kappa shape index (κ1) is 15.1. The number of amides is 1. The van der Waals surface area contributed by atoms with Crippen LogP contribution in [0.1, 0.15) is 40.7 Å². The molecule has 1 unspecified atom stereocenters. The van der Waals surface area contributed by atoms with Gasteiger partial charge in [0.1, 0.15) is 5.82 Å². The molecule has 1 aromatic carbocycles. The van der Waals surface area contributed by atoms with Crippen LogP contribution in [-0.2, 0) is 13.0 Å². The van der Waals surface area contributed by atoms with Gasteiger partial charge in [-0.1, -0.05) is 0 Å². The van der Waals surface area contributed by atoms with Crippen LogP contribution >= 0.6 is 0 Å². The lowest BCUT2D eigenvalue weighted by Crippen LogP contribution is -2.52. The molecule has 1 atom stereocenters. The number of hydroxylamine groups is 1. The van der Waals surface area contributed by atoms with E-state index in [1.165, 1.54) is 25.3 Å². The minimum Gasteiger partial charge on any atom is -0.316 e. The molecule has 1 saturated carbocycles. The molecule has 1 spiro atoms. The van der Waals surface area contributed by atoms with E-state index < -0.39 is 5.91 Å². The van der Waals surface area contributed by atoms with Crippen molar-refractivity contribution >= 4 is 5.91 Å². The quantitative estimate of drug-likeness (QED) is 0.570. The zero-order valence-electron chi connectivity index (χ0n) is 13.1. The Hall–Kier alpha value is -1.50. The van der Waals surface area contributed by atoms with Crippen LogP contribution < -0.4 is 10.8 Å². The van der Waals surface area contributed by atoms with Crippen LogP contribution in [0, 0.1) is 11.2 Å². The first-order valence-electron chi connectivity index (χ1n) is 8.31. The zero-order valence-corrected chi connectivity index (χ0v) is 13.1. The minimum absolute atomic E-state index is 0.178. The van der Waals surface area contributed by atoms with E-state index in [-0.39, 0.29) is 11.4 Å². The highest BCUT2D eigenvalue weighted by Crippen LogP contribution is 2.44. The van der Waals surface area contributed by atoms with Gasteiger partial charge in [-0.15, -0.1) is 0 Å². The molecule has 4 rings (SSSR count). The maximum atomic E-state index is 14.4. The molecule has 2 aliphatic heterocycles. The molecule has 3 aliphatic rings. The molecule has 0 bridgehead atoms. The van der Waals surface area contributed by atoms with Gasteiger partial charge in [0.25, 0.3) is 5.91 Å². The van der Waals surface area contributed by atoms with Gasteiger partial charge in [0.15, 0.2) is 0 Å². The fraction of sp³-hybridized carbons (Fsp3) is 0.588. The Morgan fingerprint density at radius 2 is 2.26 bits per heavy atom. The molecule has 0 aromatic heterocycles. The predicted molar refractivity (Wildman–Crippen MR) is 82.7 cm³/mol. The Morgan fingerprint density at radius 1 is 1.43 bits per heavy atom. The number of nitrogens with one attached hydrogen (secondary N) is 2. The summed E-state index contributed by atoms with van der Waals surface area (Å²) in [4.78, 5) is 13.9. The molecule has 5 nitrogen and oxygen atoms in total. The predicted octanol–water partition coefficient (Wildman–Crippen LogP) is 1.44. The van der Waals surface area contributed by atoms with Gasteiger partial charge in [-0.3, -0.25) is 14.9 Å². The van der Waals surface area contributed by atoms with Crippen molar-refractivity contribution in [2.45, 2.75) is 38.3 Å². The standard InChI is InChI=1S/C17H22FN3O2/c18-15-6-12(16(22)20-23)5-11-2-4-21(8-14(11)15)13-1-3-17(7-13)9-19-10-17/h5-6,13,19,23H,1-4,7-10H2,(H,20,22). The van der Waals surface area contributed by atoms with Gasteiger partial charge in [-0.2, -0.15) is 0 Å². The first-order chi connectivity index (χ1) is 11.1. The van der Waals surface area contributed by atoms with Crippen LogP contribution in [-0.4, -0.2) is 41.7 Å². The maximum Gasteiger partial charge on any atom is 0.274 e. The smallest absolute Gasteiger partial charge is 0.274 e. The zero-order chi connectivity index (χ0) is 16.0. The summed E-state index contributed by atoms with van der Waals surface area (Å²) in [5, 5.41) is 12.1. The molecule has 124 valence electrons. The highest BCUT2D eigenvalue weighted by molar-refractivity contribution is 5.93. The highest BCUT2D eigenvalue weighted by Gasteiger charge is 2.45. The molecule has 2 fully saturated rings. The average molecular weight is 319 g/mol. The summed E-state index contributed by atoms with van der Waals surface area (Å²) >= 11 is 0. The van der Waals surface area contributed by atoms with Gasteiger partial charge < -0.3 is 5.32 Å². The molecule has 1 aliphatic carbocycles. The van der Waals surface area contributed by atoms with Crippen LogP contribution in [0.25, 0.3) is 0 Å². The number of rotatable bonds is 2. The van der Waals surface area contributed by atoms with E-state index in [1.807, 2.05) is 0 Å². The van der Waals surface area contributed by atoms with Gasteiger partial charge >= 0.3 is 0 Å². The second kappa shape index (κ2) is 5.54. The summed E-state index contributed by atoms with van der Waals surface area (Å²) in [6.45, 7) is 3.78. The van der Waals surface area contributed by atoms with Crippen molar-refractivity contribution in [2.75, 3.05) is 19.6 Å². The van der Waals surface area contributed by atoms with E-state index in [2.05, 4.69) is 10.2 Å². The van der Waals surface area contributed by atoms with Crippen molar-refractivity contribution in [3.05, 3.63) is 34.6 Å². The highest BCUT2D eigenvalue weighted by atomic mass is 19.1. The molecular formula is C17H22FN3O2. The topological polar surface area (TPSA) is 64.6 Å². The lowest BCUT2D eigenvalue weighted by Gasteiger charge is -2.41. The molecular weight excluding hydrogens is 297 g/mol. The maximum absolute atomic E-state index is 14.4. The van der Waals surface area contributed by atoms with Crippen LogP contribution in [0.2, 0.25) is 0 Å². The molecule has 0 radical (unpaired) electrons. The van der Waals surface area contributed by atoms with Gasteiger partial charge in [0.2, 0.25) is 0 Å². The normalized spacial score (nSPS) is 25.9. The number of carbonyl (C=O) groups excluding carboxylic acids is 1. The summed E-state index contributed by atoms with van der Waals surface area (Å²) < 4.78 is 14.4. The van der Waals surface area contributed by atoms with Crippen LogP contribution in [0.5, 0.6) is 0 Å². The molecule has 1 saturated heterocycles. The number of benzene rings is 1. The van der Waals surface area contributed by atoms with Crippen molar-refractivity contribution in [3.8, 4) is 0 Å². The number of nitrogens with zero attached hydrogens (tertiary/aromatic N) is 1.